The van der Waals surface area contributed by atoms with Crippen LogP contribution in [0.3, 0.4) is 0 Å². The van der Waals surface area contributed by atoms with E-state index in [1.807, 2.05) is 14.1 Å². The molecule has 1 aliphatic heterocycles. The van der Waals surface area contributed by atoms with Gasteiger partial charge in [-0.2, -0.15) is 0 Å². The molecule has 0 bridgehead atoms. The third-order valence-corrected chi connectivity index (χ3v) is 4.19. The van der Waals surface area contributed by atoms with Gasteiger partial charge in [0.1, 0.15) is 11.6 Å². The molecule has 1 aromatic carbocycles. The minimum Gasteiger partial charge on any atom is -0.308 e. The monoisotopic (exact) mass is 332 g/mol. The van der Waals surface area contributed by atoms with Crippen LogP contribution in [0.1, 0.15) is 18.4 Å². The minimum absolute atomic E-state index is 0.167. The van der Waals surface area contributed by atoms with Gasteiger partial charge in [-0.1, -0.05) is 0 Å². The number of hydrogen-bond acceptors (Lipinski definition) is 2. The van der Waals surface area contributed by atoms with Gasteiger partial charge in [-0.3, -0.25) is 4.90 Å². The summed E-state index contributed by atoms with van der Waals surface area (Å²) in [5.41, 5.74) is 0.167. The number of benzene rings is 1. The zero-order chi connectivity index (χ0) is 14.0. The van der Waals surface area contributed by atoms with E-state index in [-0.39, 0.29) is 5.56 Å². The van der Waals surface area contributed by atoms with E-state index in [4.69, 9.17) is 0 Å². The third-order valence-electron chi connectivity index (χ3n) is 3.58. The molecule has 1 heterocycles. The van der Waals surface area contributed by atoms with Crippen molar-refractivity contribution in [1.82, 2.24) is 9.80 Å². The number of nitrogens with zero attached hydrogens (tertiary/aromatic N) is 2. The standard InChI is InChI=1S/C14H19BrF2N2/c1-18(2)8-10-4-3-7-19(10)9-11-13(16)6-5-12(15)14(11)17/h5-6,10H,3-4,7-9H2,1-2H3. The van der Waals surface area contributed by atoms with Crippen LogP contribution in [-0.4, -0.2) is 43.0 Å². The number of likely N-dealkylation sites (tertiary alicyclic amines) is 1. The Kier molecular flexibility index (Phi) is 4.92. The summed E-state index contributed by atoms with van der Waals surface area (Å²) in [5.74, 6) is -0.938. The van der Waals surface area contributed by atoms with Crippen LogP contribution in [0.15, 0.2) is 16.6 Å². The summed E-state index contributed by atoms with van der Waals surface area (Å²) < 4.78 is 28.1. The molecule has 106 valence electrons. The van der Waals surface area contributed by atoms with Crippen LogP contribution >= 0.6 is 15.9 Å². The van der Waals surface area contributed by atoms with Crippen molar-refractivity contribution in [2.45, 2.75) is 25.4 Å². The molecular weight excluding hydrogens is 314 g/mol. The quantitative estimate of drug-likeness (QED) is 0.781. The molecule has 1 aromatic rings. The third kappa shape index (κ3) is 3.52. The Morgan fingerprint density at radius 3 is 2.79 bits per heavy atom. The summed E-state index contributed by atoms with van der Waals surface area (Å²) >= 11 is 3.12. The van der Waals surface area contributed by atoms with Crippen LogP contribution in [0.2, 0.25) is 0 Å². The molecular formula is C14H19BrF2N2. The summed E-state index contributed by atoms with van der Waals surface area (Å²) in [4.78, 5) is 4.30. The Morgan fingerprint density at radius 1 is 1.37 bits per heavy atom. The Bertz CT molecular complexity index is 451. The van der Waals surface area contributed by atoms with Gasteiger partial charge in [0.05, 0.1) is 4.47 Å². The van der Waals surface area contributed by atoms with E-state index in [0.29, 0.717) is 17.1 Å². The maximum atomic E-state index is 14.0. The van der Waals surface area contributed by atoms with Gasteiger partial charge in [-0.15, -0.1) is 0 Å². The smallest absolute Gasteiger partial charge is 0.144 e. The minimum atomic E-state index is -0.476. The van der Waals surface area contributed by atoms with Crippen molar-refractivity contribution in [2.24, 2.45) is 0 Å². The lowest BCUT2D eigenvalue weighted by Crippen LogP contribution is -2.37. The zero-order valence-electron chi connectivity index (χ0n) is 11.3. The summed E-state index contributed by atoms with van der Waals surface area (Å²) in [7, 11) is 4.05. The molecule has 2 nitrogen and oxygen atoms in total. The number of halogens is 3. The van der Waals surface area contributed by atoms with Crippen molar-refractivity contribution in [1.29, 1.82) is 0 Å². The van der Waals surface area contributed by atoms with E-state index in [9.17, 15) is 8.78 Å². The highest BCUT2D eigenvalue weighted by atomic mass is 79.9. The molecule has 0 radical (unpaired) electrons. The van der Waals surface area contributed by atoms with Crippen LogP contribution < -0.4 is 0 Å². The summed E-state index contributed by atoms with van der Waals surface area (Å²) in [5, 5.41) is 0. The molecule has 0 spiro atoms. The first kappa shape index (κ1) is 14.9. The van der Waals surface area contributed by atoms with Crippen LogP contribution in [-0.2, 0) is 6.54 Å². The van der Waals surface area contributed by atoms with E-state index in [1.165, 1.54) is 12.1 Å². The average Bonchev–Trinajstić information content (AvgIpc) is 2.76. The number of hydrogen-bond donors (Lipinski definition) is 0. The van der Waals surface area contributed by atoms with E-state index in [0.717, 1.165) is 25.9 Å². The van der Waals surface area contributed by atoms with Gasteiger partial charge < -0.3 is 4.90 Å². The zero-order valence-corrected chi connectivity index (χ0v) is 12.9. The molecule has 1 fully saturated rings. The van der Waals surface area contributed by atoms with E-state index < -0.39 is 11.6 Å². The molecule has 0 N–H and O–H groups in total. The topological polar surface area (TPSA) is 6.48 Å². The molecule has 1 saturated heterocycles. The Morgan fingerprint density at radius 2 is 2.11 bits per heavy atom. The lowest BCUT2D eigenvalue weighted by Gasteiger charge is -2.27. The van der Waals surface area contributed by atoms with Crippen molar-refractivity contribution in [2.75, 3.05) is 27.2 Å². The molecule has 2 rings (SSSR count). The highest BCUT2D eigenvalue weighted by molar-refractivity contribution is 9.10. The highest BCUT2D eigenvalue weighted by Crippen LogP contribution is 2.26. The second-order valence-corrected chi connectivity index (χ2v) is 6.20. The summed E-state index contributed by atoms with van der Waals surface area (Å²) in [6, 6.07) is 3.11. The molecule has 0 aliphatic carbocycles. The maximum absolute atomic E-state index is 14.0. The van der Waals surface area contributed by atoms with Crippen molar-refractivity contribution >= 4 is 15.9 Å². The van der Waals surface area contributed by atoms with E-state index >= 15 is 0 Å². The van der Waals surface area contributed by atoms with Gasteiger partial charge in [0.15, 0.2) is 0 Å². The predicted octanol–water partition coefficient (Wildman–Crippen LogP) is 3.25. The van der Waals surface area contributed by atoms with Crippen molar-refractivity contribution in [3.63, 3.8) is 0 Å². The Labute approximate surface area is 121 Å². The van der Waals surface area contributed by atoms with Crippen LogP contribution in [0, 0.1) is 11.6 Å². The normalized spacial score (nSPS) is 20.4. The molecule has 1 aliphatic rings. The molecule has 1 atom stereocenters. The van der Waals surface area contributed by atoms with Gasteiger partial charge in [0, 0.05) is 24.7 Å². The number of likely N-dealkylation sites (N-methyl/N-ethyl adjacent to an activating group) is 1. The second kappa shape index (κ2) is 6.29. The molecule has 5 heteroatoms. The molecule has 0 amide bonds. The van der Waals surface area contributed by atoms with E-state index in [1.54, 1.807) is 0 Å². The summed E-state index contributed by atoms with van der Waals surface area (Å²) in [6.45, 7) is 2.18. The first-order chi connectivity index (χ1) is 8.99. The molecule has 0 aromatic heterocycles. The van der Waals surface area contributed by atoms with Crippen molar-refractivity contribution < 1.29 is 8.78 Å². The lowest BCUT2D eigenvalue weighted by molar-refractivity contribution is 0.196. The van der Waals surface area contributed by atoms with Gasteiger partial charge in [0.2, 0.25) is 0 Å². The molecule has 1 unspecified atom stereocenters. The second-order valence-electron chi connectivity index (χ2n) is 5.35. The Hall–Kier alpha value is -0.520. The van der Waals surface area contributed by atoms with Crippen molar-refractivity contribution in [3.05, 3.63) is 33.8 Å². The van der Waals surface area contributed by atoms with Gasteiger partial charge >= 0.3 is 0 Å². The van der Waals surface area contributed by atoms with Gasteiger partial charge in [0.25, 0.3) is 0 Å². The average molecular weight is 333 g/mol. The van der Waals surface area contributed by atoms with Crippen LogP contribution in [0.25, 0.3) is 0 Å². The number of rotatable bonds is 4. The lowest BCUT2D eigenvalue weighted by atomic mass is 10.1. The fraction of sp³-hybridized carbons (Fsp3) is 0.571. The van der Waals surface area contributed by atoms with Gasteiger partial charge in [-0.05, 0) is 61.5 Å². The fourth-order valence-corrected chi connectivity index (χ4v) is 3.02. The first-order valence-electron chi connectivity index (χ1n) is 6.50. The maximum Gasteiger partial charge on any atom is 0.144 e. The van der Waals surface area contributed by atoms with Crippen molar-refractivity contribution in [3.8, 4) is 0 Å². The fourth-order valence-electron chi connectivity index (χ4n) is 2.65. The van der Waals surface area contributed by atoms with E-state index in [2.05, 4.69) is 25.7 Å². The highest BCUT2D eigenvalue weighted by Gasteiger charge is 2.27. The van der Waals surface area contributed by atoms with Gasteiger partial charge in [-0.25, -0.2) is 8.78 Å². The largest absolute Gasteiger partial charge is 0.308 e. The molecule has 19 heavy (non-hydrogen) atoms. The SMILES string of the molecule is CN(C)CC1CCCN1Cc1c(F)ccc(Br)c1F. The van der Waals surface area contributed by atoms with Crippen LogP contribution in [0.4, 0.5) is 8.78 Å². The Balaban J connectivity index is 2.14. The van der Waals surface area contributed by atoms with Crippen LogP contribution in [0.5, 0.6) is 0 Å². The predicted molar refractivity (Wildman–Crippen MR) is 76.0 cm³/mol. The molecule has 0 saturated carbocycles. The summed E-state index contributed by atoms with van der Waals surface area (Å²) in [6.07, 6.45) is 2.19. The first-order valence-corrected chi connectivity index (χ1v) is 7.29.